The molecule has 0 atom stereocenters. The first kappa shape index (κ1) is 11.5. The Hall–Kier alpha value is -2.62. The predicted octanol–water partition coefficient (Wildman–Crippen LogP) is 3.70. The van der Waals surface area contributed by atoms with E-state index in [1.807, 2.05) is 24.3 Å². The van der Waals surface area contributed by atoms with Gasteiger partial charge >= 0.3 is 0 Å². The third-order valence-electron chi connectivity index (χ3n) is 2.87. The maximum absolute atomic E-state index is 13.2. The summed E-state index contributed by atoms with van der Waals surface area (Å²) in [5, 5.41) is 4.09. The Morgan fingerprint density at radius 3 is 2.79 bits per heavy atom. The number of nitrogens with two attached hydrogens (primary N) is 1. The first-order valence-corrected chi connectivity index (χ1v) is 5.89. The molecule has 3 aromatic rings. The van der Waals surface area contributed by atoms with E-state index in [4.69, 9.17) is 5.73 Å². The number of halogens is 1. The normalized spacial score (nSPS) is 10.6. The molecule has 2 aromatic carbocycles. The number of nitrogens with one attached hydrogen (secondary N) is 1. The van der Waals surface area contributed by atoms with E-state index in [0.717, 1.165) is 16.6 Å². The molecule has 0 aliphatic carbocycles. The second-order valence-corrected chi connectivity index (χ2v) is 4.27. The fourth-order valence-corrected chi connectivity index (χ4v) is 1.99. The summed E-state index contributed by atoms with van der Waals surface area (Å²) in [4.78, 5) is 4.27. The molecular weight excluding hydrogens is 241 g/mol. The van der Waals surface area contributed by atoms with Gasteiger partial charge < -0.3 is 11.1 Å². The number of hydrogen-bond acceptors (Lipinski definition) is 3. The Balaban J connectivity index is 2.07. The van der Waals surface area contributed by atoms with Crippen LogP contribution in [0.2, 0.25) is 0 Å². The third-order valence-corrected chi connectivity index (χ3v) is 2.87. The lowest BCUT2D eigenvalue weighted by Gasteiger charge is -2.10. The Morgan fingerprint density at radius 1 is 1.05 bits per heavy atom. The van der Waals surface area contributed by atoms with Crippen molar-refractivity contribution in [1.29, 1.82) is 0 Å². The van der Waals surface area contributed by atoms with Gasteiger partial charge in [0.15, 0.2) is 0 Å². The van der Waals surface area contributed by atoms with E-state index in [0.29, 0.717) is 11.4 Å². The van der Waals surface area contributed by atoms with E-state index < -0.39 is 0 Å². The molecule has 0 aliphatic rings. The molecule has 19 heavy (non-hydrogen) atoms. The lowest BCUT2D eigenvalue weighted by molar-refractivity contribution is 0.628. The van der Waals surface area contributed by atoms with Crippen LogP contribution in [-0.4, -0.2) is 4.98 Å². The monoisotopic (exact) mass is 253 g/mol. The number of nitrogen functional groups attached to an aromatic ring is 1. The van der Waals surface area contributed by atoms with Crippen molar-refractivity contribution in [3.05, 3.63) is 60.5 Å². The Labute approximate surface area is 109 Å². The predicted molar refractivity (Wildman–Crippen MR) is 75.8 cm³/mol. The molecule has 4 heteroatoms. The zero-order chi connectivity index (χ0) is 13.2. The summed E-state index contributed by atoms with van der Waals surface area (Å²) >= 11 is 0. The number of rotatable bonds is 2. The highest BCUT2D eigenvalue weighted by Crippen LogP contribution is 2.26. The van der Waals surface area contributed by atoms with E-state index in [9.17, 15) is 4.39 Å². The van der Waals surface area contributed by atoms with Crippen LogP contribution in [-0.2, 0) is 0 Å². The SMILES string of the molecule is Nc1ccc2nccc(Nc3cccc(F)c3)c2c1. The molecule has 0 saturated carbocycles. The van der Waals surface area contributed by atoms with E-state index in [1.165, 1.54) is 12.1 Å². The number of nitrogens with zero attached hydrogens (tertiary/aromatic N) is 1. The van der Waals surface area contributed by atoms with Crippen molar-refractivity contribution in [2.24, 2.45) is 0 Å². The molecule has 3 nitrogen and oxygen atoms in total. The van der Waals surface area contributed by atoms with Gasteiger partial charge in [-0.25, -0.2) is 4.39 Å². The summed E-state index contributed by atoms with van der Waals surface area (Å²) in [5.41, 5.74) is 8.85. The molecule has 1 aromatic heterocycles. The Morgan fingerprint density at radius 2 is 1.95 bits per heavy atom. The molecule has 3 rings (SSSR count). The summed E-state index contributed by atoms with van der Waals surface area (Å²) in [7, 11) is 0. The van der Waals surface area contributed by atoms with Crippen molar-refractivity contribution in [2.75, 3.05) is 11.1 Å². The average molecular weight is 253 g/mol. The number of fused-ring (bicyclic) bond motifs is 1. The van der Waals surface area contributed by atoms with Crippen LogP contribution in [0.15, 0.2) is 54.7 Å². The average Bonchev–Trinajstić information content (AvgIpc) is 2.39. The van der Waals surface area contributed by atoms with Gasteiger partial charge in [-0.2, -0.15) is 0 Å². The smallest absolute Gasteiger partial charge is 0.125 e. The van der Waals surface area contributed by atoms with Crippen LogP contribution >= 0.6 is 0 Å². The topological polar surface area (TPSA) is 50.9 Å². The van der Waals surface area contributed by atoms with Crippen molar-refractivity contribution in [3.8, 4) is 0 Å². The second-order valence-electron chi connectivity index (χ2n) is 4.27. The quantitative estimate of drug-likeness (QED) is 0.685. The van der Waals surface area contributed by atoms with E-state index in [2.05, 4.69) is 10.3 Å². The van der Waals surface area contributed by atoms with Crippen LogP contribution in [0.5, 0.6) is 0 Å². The number of benzene rings is 2. The molecule has 0 bridgehead atoms. The molecule has 0 aliphatic heterocycles. The van der Waals surface area contributed by atoms with Gasteiger partial charge in [-0.3, -0.25) is 4.98 Å². The third kappa shape index (κ3) is 2.33. The van der Waals surface area contributed by atoms with Crippen molar-refractivity contribution in [3.63, 3.8) is 0 Å². The second kappa shape index (κ2) is 4.57. The van der Waals surface area contributed by atoms with Gasteiger partial charge in [0, 0.05) is 28.6 Å². The fraction of sp³-hybridized carbons (Fsp3) is 0. The van der Waals surface area contributed by atoms with Crippen LogP contribution in [0.4, 0.5) is 21.5 Å². The summed E-state index contributed by atoms with van der Waals surface area (Å²) in [6.07, 6.45) is 1.71. The number of hydrogen-bond donors (Lipinski definition) is 2. The molecule has 0 saturated heterocycles. The van der Waals surface area contributed by atoms with Gasteiger partial charge in [0.1, 0.15) is 5.82 Å². The zero-order valence-corrected chi connectivity index (χ0v) is 10.1. The van der Waals surface area contributed by atoms with Gasteiger partial charge in [-0.15, -0.1) is 0 Å². The van der Waals surface area contributed by atoms with Gasteiger partial charge in [-0.1, -0.05) is 6.07 Å². The van der Waals surface area contributed by atoms with E-state index in [-0.39, 0.29) is 5.82 Å². The molecule has 0 unspecified atom stereocenters. The minimum atomic E-state index is -0.275. The first-order chi connectivity index (χ1) is 9.22. The zero-order valence-electron chi connectivity index (χ0n) is 10.1. The van der Waals surface area contributed by atoms with Crippen LogP contribution in [0.1, 0.15) is 0 Å². The van der Waals surface area contributed by atoms with Crippen molar-refractivity contribution in [1.82, 2.24) is 4.98 Å². The highest BCUT2D eigenvalue weighted by atomic mass is 19.1. The van der Waals surface area contributed by atoms with Gasteiger partial charge in [-0.05, 0) is 42.5 Å². The van der Waals surface area contributed by atoms with Crippen LogP contribution in [0, 0.1) is 5.82 Å². The first-order valence-electron chi connectivity index (χ1n) is 5.89. The molecular formula is C15H12FN3. The van der Waals surface area contributed by atoms with Gasteiger partial charge in [0.2, 0.25) is 0 Å². The molecule has 3 N–H and O–H groups in total. The molecule has 1 heterocycles. The number of aromatic nitrogens is 1. The van der Waals surface area contributed by atoms with Crippen molar-refractivity contribution in [2.45, 2.75) is 0 Å². The number of anilines is 3. The fourth-order valence-electron chi connectivity index (χ4n) is 1.99. The van der Waals surface area contributed by atoms with E-state index in [1.54, 1.807) is 18.3 Å². The van der Waals surface area contributed by atoms with Crippen molar-refractivity contribution >= 4 is 28.0 Å². The van der Waals surface area contributed by atoms with Gasteiger partial charge in [0.25, 0.3) is 0 Å². The Kier molecular flexibility index (Phi) is 2.76. The standard InChI is InChI=1S/C15H12FN3/c16-10-2-1-3-12(8-10)19-15-6-7-18-14-5-4-11(17)9-13(14)15/h1-9H,17H2,(H,18,19). The van der Waals surface area contributed by atoms with Gasteiger partial charge in [0.05, 0.1) is 5.52 Å². The largest absolute Gasteiger partial charge is 0.399 e. The maximum Gasteiger partial charge on any atom is 0.125 e. The highest BCUT2D eigenvalue weighted by Gasteiger charge is 2.03. The maximum atomic E-state index is 13.2. The molecule has 0 fully saturated rings. The number of pyridine rings is 1. The summed E-state index contributed by atoms with van der Waals surface area (Å²) in [5.74, 6) is -0.275. The van der Waals surface area contributed by atoms with Crippen LogP contribution < -0.4 is 11.1 Å². The minimum Gasteiger partial charge on any atom is -0.399 e. The van der Waals surface area contributed by atoms with E-state index >= 15 is 0 Å². The molecule has 0 amide bonds. The molecule has 0 spiro atoms. The summed E-state index contributed by atoms with van der Waals surface area (Å²) in [6.45, 7) is 0. The highest BCUT2D eigenvalue weighted by molar-refractivity contribution is 5.94. The lowest BCUT2D eigenvalue weighted by atomic mass is 10.1. The lowest BCUT2D eigenvalue weighted by Crippen LogP contribution is -1.94. The minimum absolute atomic E-state index is 0.275. The summed E-state index contributed by atoms with van der Waals surface area (Å²) < 4.78 is 13.2. The molecule has 94 valence electrons. The van der Waals surface area contributed by atoms with Crippen molar-refractivity contribution < 1.29 is 4.39 Å². The summed E-state index contributed by atoms with van der Waals surface area (Å²) in [6, 6.07) is 13.7. The van der Waals surface area contributed by atoms with Crippen LogP contribution in [0.3, 0.4) is 0 Å². The Bertz CT molecular complexity index is 740. The van der Waals surface area contributed by atoms with Crippen LogP contribution in [0.25, 0.3) is 10.9 Å². The molecule has 0 radical (unpaired) electrons.